The van der Waals surface area contributed by atoms with E-state index in [2.05, 4.69) is 57.5 Å². The lowest BCUT2D eigenvalue weighted by Gasteiger charge is -2.24. The molecule has 0 bridgehead atoms. The maximum atomic E-state index is 13.2. The number of esters is 2. The zero-order valence-electron chi connectivity index (χ0n) is 20.4. The summed E-state index contributed by atoms with van der Waals surface area (Å²) in [5.41, 5.74) is 1.53. The summed E-state index contributed by atoms with van der Waals surface area (Å²) in [6.45, 7) is 14.5. The van der Waals surface area contributed by atoms with Gasteiger partial charge in [0.2, 0.25) is 0 Å². The van der Waals surface area contributed by atoms with Crippen LogP contribution in [-0.2, 0) is 15.9 Å². The molecule has 2 unspecified atom stereocenters. The van der Waals surface area contributed by atoms with Crippen molar-refractivity contribution in [2.24, 2.45) is 11.8 Å². The van der Waals surface area contributed by atoms with Crippen molar-refractivity contribution in [2.45, 2.75) is 106 Å². The minimum absolute atomic E-state index is 0.169. The summed E-state index contributed by atoms with van der Waals surface area (Å²) in [4.78, 5) is 26.3. The Morgan fingerprint density at radius 2 is 1.23 bits per heavy atom. The van der Waals surface area contributed by atoms with Crippen LogP contribution in [0.15, 0.2) is 16.6 Å². The highest BCUT2D eigenvalue weighted by Gasteiger charge is 2.27. The monoisotopic (exact) mass is 496 g/mol. The number of hydrogen-bond donors (Lipinski definition) is 0. The molecule has 0 aromatic heterocycles. The van der Waals surface area contributed by atoms with Gasteiger partial charge < -0.3 is 9.47 Å². The first kappa shape index (κ1) is 27.7. The van der Waals surface area contributed by atoms with Crippen LogP contribution in [0.25, 0.3) is 0 Å². The minimum atomic E-state index is -0.459. The Morgan fingerprint density at radius 1 is 0.806 bits per heavy atom. The Labute approximate surface area is 197 Å². The summed E-state index contributed by atoms with van der Waals surface area (Å²) < 4.78 is 12.6. The lowest BCUT2D eigenvalue weighted by Crippen LogP contribution is -2.27. The SMILES string of the molecule is CCCCC(OC(=O)c1cc(Br)c(CC)cc1C(=O)OC(CCCC)C(C)C)C(C)C. The molecule has 0 amide bonds. The number of benzene rings is 1. The molecule has 31 heavy (non-hydrogen) atoms. The molecule has 1 aromatic carbocycles. The Kier molecular flexibility index (Phi) is 12.4. The maximum Gasteiger partial charge on any atom is 0.339 e. The Bertz CT molecular complexity index is 712. The minimum Gasteiger partial charge on any atom is -0.458 e. The van der Waals surface area contributed by atoms with Gasteiger partial charge in [0.15, 0.2) is 0 Å². The van der Waals surface area contributed by atoms with Gasteiger partial charge in [-0.15, -0.1) is 0 Å². The van der Waals surface area contributed by atoms with Gasteiger partial charge in [0, 0.05) is 4.47 Å². The normalized spacial score (nSPS) is 13.4. The van der Waals surface area contributed by atoms with E-state index in [4.69, 9.17) is 9.47 Å². The van der Waals surface area contributed by atoms with Crippen LogP contribution < -0.4 is 0 Å². The maximum absolute atomic E-state index is 13.2. The third-order valence-corrected chi connectivity index (χ3v) is 6.43. The van der Waals surface area contributed by atoms with Crippen LogP contribution >= 0.6 is 15.9 Å². The number of rotatable bonds is 13. The molecule has 0 heterocycles. The zero-order chi connectivity index (χ0) is 23.6. The van der Waals surface area contributed by atoms with Crippen LogP contribution in [0.4, 0.5) is 0 Å². The molecule has 0 saturated carbocycles. The average molecular weight is 498 g/mol. The van der Waals surface area contributed by atoms with E-state index in [0.29, 0.717) is 5.56 Å². The first-order chi connectivity index (χ1) is 14.7. The first-order valence-corrected chi connectivity index (χ1v) is 12.7. The summed E-state index contributed by atoms with van der Waals surface area (Å²) >= 11 is 3.54. The molecule has 5 heteroatoms. The smallest absolute Gasteiger partial charge is 0.339 e. The lowest BCUT2D eigenvalue weighted by atomic mass is 9.99. The van der Waals surface area contributed by atoms with Crippen molar-refractivity contribution in [3.63, 3.8) is 0 Å². The Morgan fingerprint density at radius 3 is 1.58 bits per heavy atom. The van der Waals surface area contributed by atoms with Gasteiger partial charge in [-0.2, -0.15) is 0 Å². The van der Waals surface area contributed by atoms with Gasteiger partial charge in [0.25, 0.3) is 0 Å². The molecule has 2 atom stereocenters. The number of hydrogen-bond acceptors (Lipinski definition) is 4. The molecule has 4 nitrogen and oxygen atoms in total. The molecule has 1 rings (SSSR count). The standard InChI is InChI=1S/C26H41BrO4/c1-8-11-13-23(17(4)5)30-25(28)20-15-19(10-3)22(27)16-21(20)26(29)31-24(18(6)7)14-12-9-2/h15-18,23-24H,8-14H2,1-7H3. The van der Waals surface area contributed by atoms with E-state index in [9.17, 15) is 9.59 Å². The van der Waals surface area contributed by atoms with E-state index in [1.165, 1.54) is 0 Å². The number of halogens is 1. The van der Waals surface area contributed by atoms with Crippen molar-refractivity contribution in [1.29, 1.82) is 0 Å². The van der Waals surface area contributed by atoms with Crippen molar-refractivity contribution in [2.75, 3.05) is 0 Å². The largest absolute Gasteiger partial charge is 0.458 e. The van der Waals surface area contributed by atoms with Crippen molar-refractivity contribution < 1.29 is 19.1 Å². The Hall–Kier alpha value is -1.36. The molecule has 176 valence electrons. The molecule has 1 aromatic rings. The van der Waals surface area contributed by atoms with Crippen LogP contribution in [0.3, 0.4) is 0 Å². The van der Waals surface area contributed by atoms with E-state index in [1.807, 2.05) is 6.92 Å². The first-order valence-electron chi connectivity index (χ1n) is 11.9. The summed E-state index contributed by atoms with van der Waals surface area (Å²) in [6.07, 6.45) is 6.13. The second-order valence-electron chi connectivity index (χ2n) is 9.00. The van der Waals surface area contributed by atoms with Crippen LogP contribution in [0.5, 0.6) is 0 Å². The molecule has 0 aliphatic heterocycles. The lowest BCUT2D eigenvalue weighted by molar-refractivity contribution is 0.0107. The van der Waals surface area contributed by atoms with Gasteiger partial charge in [-0.05, 0) is 48.8 Å². The van der Waals surface area contributed by atoms with E-state index in [1.54, 1.807) is 12.1 Å². The van der Waals surface area contributed by atoms with Crippen molar-refractivity contribution in [1.82, 2.24) is 0 Å². The predicted molar refractivity (Wildman–Crippen MR) is 131 cm³/mol. The summed E-state index contributed by atoms with van der Waals surface area (Å²) in [5.74, 6) is -0.478. The van der Waals surface area contributed by atoms with Gasteiger partial charge in [-0.3, -0.25) is 0 Å². The van der Waals surface area contributed by atoms with Gasteiger partial charge in [0.1, 0.15) is 12.2 Å². The summed E-state index contributed by atoms with van der Waals surface area (Å²) in [5, 5.41) is 0. The number of carbonyl (C=O) groups excluding carboxylic acids is 2. The number of aryl methyl sites for hydroxylation is 1. The summed E-state index contributed by atoms with van der Waals surface area (Å²) in [6, 6.07) is 3.49. The zero-order valence-corrected chi connectivity index (χ0v) is 22.0. The van der Waals surface area contributed by atoms with E-state index >= 15 is 0 Å². The van der Waals surface area contributed by atoms with E-state index in [0.717, 1.165) is 55.0 Å². The van der Waals surface area contributed by atoms with Gasteiger partial charge >= 0.3 is 11.9 Å². The number of ether oxygens (including phenoxy) is 2. The molecular weight excluding hydrogens is 456 g/mol. The summed E-state index contributed by atoms with van der Waals surface area (Å²) in [7, 11) is 0. The van der Waals surface area contributed by atoms with E-state index in [-0.39, 0.29) is 29.6 Å². The highest BCUT2D eigenvalue weighted by Crippen LogP contribution is 2.27. The van der Waals surface area contributed by atoms with Crippen molar-refractivity contribution in [3.8, 4) is 0 Å². The quantitative estimate of drug-likeness (QED) is 0.262. The molecule has 0 fully saturated rings. The number of carbonyl (C=O) groups is 2. The second-order valence-corrected chi connectivity index (χ2v) is 9.86. The van der Waals surface area contributed by atoms with Crippen molar-refractivity contribution in [3.05, 3.63) is 33.3 Å². The number of unbranched alkanes of at least 4 members (excludes halogenated alkanes) is 2. The Balaban J connectivity index is 3.24. The van der Waals surface area contributed by atoms with Crippen LogP contribution in [0, 0.1) is 11.8 Å². The fourth-order valence-corrected chi connectivity index (χ4v) is 4.12. The third-order valence-electron chi connectivity index (χ3n) is 5.70. The third kappa shape index (κ3) is 8.59. The molecule has 0 spiro atoms. The van der Waals surface area contributed by atoms with Crippen LogP contribution in [0.1, 0.15) is 113 Å². The molecule has 0 N–H and O–H groups in total. The second kappa shape index (κ2) is 13.9. The van der Waals surface area contributed by atoms with E-state index < -0.39 is 11.9 Å². The van der Waals surface area contributed by atoms with Crippen molar-refractivity contribution >= 4 is 27.9 Å². The molecule has 0 aliphatic carbocycles. The highest BCUT2D eigenvalue weighted by molar-refractivity contribution is 9.10. The van der Waals surface area contributed by atoms with Gasteiger partial charge in [0.05, 0.1) is 11.1 Å². The van der Waals surface area contributed by atoms with Gasteiger partial charge in [-0.25, -0.2) is 9.59 Å². The highest BCUT2D eigenvalue weighted by atomic mass is 79.9. The van der Waals surface area contributed by atoms with Crippen LogP contribution in [0.2, 0.25) is 0 Å². The van der Waals surface area contributed by atoms with Gasteiger partial charge in [-0.1, -0.05) is 90.1 Å². The van der Waals surface area contributed by atoms with Crippen LogP contribution in [-0.4, -0.2) is 24.1 Å². The fraction of sp³-hybridized carbons (Fsp3) is 0.692. The molecular formula is C26H41BrO4. The molecule has 0 aliphatic rings. The topological polar surface area (TPSA) is 52.6 Å². The average Bonchev–Trinajstić information content (AvgIpc) is 2.72. The fourth-order valence-electron chi connectivity index (χ4n) is 3.50. The predicted octanol–water partition coefficient (Wildman–Crippen LogP) is 7.75. The molecule has 0 radical (unpaired) electrons. The molecule has 0 saturated heterocycles.